The zero-order chi connectivity index (χ0) is 10.8. The number of hydrogen-bond acceptors (Lipinski definition) is 1. The highest BCUT2D eigenvalue weighted by Crippen LogP contribution is 2.21. The lowest BCUT2D eigenvalue weighted by atomic mass is 9.86. The van der Waals surface area contributed by atoms with Crippen LogP contribution in [0.15, 0.2) is 18.2 Å². The number of aryl methyl sites for hydroxylation is 1. The van der Waals surface area contributed by atoms with Gasteiger partial charge in [-0.3, -0.25) is 0 Å². The molecular weight excluding hydrogens is 179 g/mol. The SMILES string of the molecule is Cc1cc(F)ccc1CC(C)(C)C=O. The lowest BCUT2D eigenvalue weighted by Gasteiger charge is -2.17. The Labute approximate surface area is 83.9 Å². The molecule has 0 fully saturated rings. The Morgan fingerprint density at radius 2 is 2.07 bits per heavy atom. The highest BCUT2D eigenvalue weighted by Gasteiger charge is 2.18. The molecule has 1 nitrogen and oxygen atoms in total. The van der Waals surface area contributed by atoms with Crippen LogP contribution in [-0.2, 0) is 11.2 Å². The summed E-state index contributed by atoms with van der Waals surface area (Å²) >= 11 is 0. The van der Waals surface area contributed by atoms with Gasteiger partial charge in [-0.25, -0.2) is 4.39 Å². The maximum absolute atomic E-state index is 12.8. The molecule has 0 aliphatic heterocycles. The first kappa shape index (κ1) is 10.9. The van der Waals surface area contributed by atoms with Crippen LogP contribution in [0, 0.1) is 18.2 Å². The van der Waals surface area contributed by atoms with E-state index < -0.39 is 0 Å². The Balaban J connectivity index is 2.92. The van der Waals surface area contributed by atoms with Gasteiger partial charge in [0.1, 0.15) is 12.1 Å². The van der Waals surface area contributed by atoms with Crippen molar-refractivity contribution in [3.8, 4) is 0 Å². The minimum absolute atomic E-state index is 0.227. The lowest BCUT2D eigenvalue weighted by molar-refractivity contribution is -0.114. The minimum Gasteiger partial charge on any atom is -0.303 e. The van der Waals surface area contributed by atoms with Gasteiger partial charge in [0.15, 0.2) is 0 Å². The van der Waals surface area contributed by atoms with Crippen LogP contribution in [0.25, 0.3) is 0 Å². The molecule has 0 bridgehead atoms. The van der Waals surface area contributed by atoms with Gasteiger partial charge in [-0.2, -0.15) is 0 Å². The zero-order valence-corrected chi connectivity index (χ0v) is 8.80. The third kappa shape index (κ3) is 2.66. The number of aldehydes is 1. The molecule has 0 heterocycles. The molecule has 76 valence electrons. The van der Waals surface area contributed by atoms with Crippen molar-refractivity contribution < 1.29 is 9.18 Å². The van der Waals surface area contributed by atoms with Crippen molar-refractivity contribution in [3.63, 3.8) is 0 Å². The normalized spacial score (nSPS) is 11.4. The van der Waals surface area contributed by atoms with Gasteiger partial charge >= 0.3 is 0 Å². The third-order valence-corrected chi connectivity index (χ3v) is 2.27. The van der Waals surface area contributed by atoms with Crippen LogP contribution in [0.5, 0.6) is 0 Å². The van der Waals surface area contributed by atoms with Crippen molar-refractivity contribution in [1.29, 1.82) is 0 Å². The van der Waals surface area contributed by atoms with Crippen LogP contribution < -0.4 is 0 Å². The van der Waals surface area contributed by atoms with Crippen LogP contribution in [0.4, 0.5) is 4.39 Å². The first-order valence-electron chi connectivity index (χ1n) is 4.66. The second kappa shape index (κ2) is 3.91. The van der Waals surface area contributed by atoms with Crippen LogP contribution >= 0.6 is 0 Å². The molecule has 14 heavy (non-hydrogen) atoms. The summed E-state index contributed by atoms with van der Waals surface area (Å²) in [6.45, 7) is 5.62. The minimum atomic E-state index is -0.372. The molecule has 0 atom stereocenters. The number of benzene rings is 1. The van der Waals surface area contributed by atoms with E-state index in [9.17, 15) is 9.18 Å². The predicted octanol–water partition coefficient (Wildman–Crippen LogP) is 2.90. The average molecular weight is 194 g/mol. The van der Waals surface area contributed by atoms with Gasteiger partial charge < -0.3 is 4.79 Å². The first-order chi connectivity index (χ1) is 6.44. The molecule has 0 N–H and O–H groups in total. The molecule has 1 aromatic rings. The average Bonchev–Trinajstić information content (AvgIpc) is 2.10. The molecule has 1 aromatic carbocycles. The van der Waals surface area contributed by atoms with E-state index in [4.69, 9.17) is 0 Å². The second-order valence-electron chi connectivity index (χ2n) is 4.35. The van der Waals surface area contributed by atoms with E-state index in [2.05, 4.69) is 0 Å². The molecule has 1 rings (SSSR count). The zero-order valence-electron chi connectivity index (χ0n) is 8.80. The molecule has 0 aromatic heterocycles. The lowest BCUT2D eigenvalue weighted by Crippen LogP contribution is -2.17. The van der Waals surface area contributed by atoms with Gasteiger partial charge in [-0.15, -0.1) is 0 Å². The third-order valence-electron chi connectivity index (χ3n) is 2.27. The molecule has 0 saturated carbocycles. The molecule has 2 heteroatoms. The number of carbonyl (C=O) groups excluding carboxylic acids is 1. The Hall–Kier alpha value is -1.18. The number of carbonyl (C=O) groups is 1. The Morgan fingerprint density at radius 3 is 2.57 bits per heavy atom. The fourth-order valence-corrected chi connectivity index (χ4v) is 1.39. The van der Waals surface area contributed by atoms with E-state index in [1.807, 2.05) is 20.8 Å². The summed E-state index contributed by atoms with van der Waals surface area (Å²) in [4.78, 5) is 10.7. The quantitative estimate of drug-likeness (QED) is 0.676. The molecule has 0 aliphatic carbocycles. The van der Waals surface area contributed by atoms with Gasteiger partial charge in [0.2, 0.25) is 0 Å². The molecular formula is C12H15FO. The van der Waals surface area contributed by atoms with Gasteiger partial charge in [-0.1, -0.05) is 19.9 Å². The van der Waals surface area contributed by atoms with Crippen molar-refractivity contribution in [2.24, 2.45) is 5.41 Å². The highest BCUT2D eigenvalue weighted by molar-refractivity contribution is 5.59. The van der Waals surface area contributed by atoms with Crippen molar-refractivity contribution >= 4 is 6.29 Å². The van der Waals surface area contributed by atoms with Crippen molar-refractivity contribution in [3.05, 3.63) is 35.1 Å². The van der Waals surface area contributed by atoms with Crippen LogP contribution in [0.2, 0.25) is 0 Å². The van der Waals surface area contributed by atoms with E-state index >= 15 is 0 Å². The largest absolute Gasteiger partial charge is 0.303 e. The molecule has 0 saturated heterocycles. The topological polar surface area (TPSA) is 17.1 Å². The first-order valence-corrected chi connectivity index (χ1v) is 4.66. The highest BCUT2D eigenvalue weighted by atomic mass is 19.1. The monoisotopic (exact) mass is 194 g/mol. The molecule has 0 amide bonds. The van der Waals surface area contributed by atoms with Gasteiger partial charge in [0.25, 0.3) is 0 Å². The molecule has 0 unspecified atom stereocenters. The number of rotatable bonds is 3. The summed E-state index contributed by atoms with van der Waals surface area (Å²) in [5.41, 5.74) is 1.56. The van der Waals surface area contributed by atoms with E-state index in [1.165, 1.54) is 12.1 Å². The summed E-state index contributed by atoms with van der Waals surface area (Å²) < 4.78 is 12.8. The molecule has 0 radical (unpaired) electrons. The van der Waals surface area contributed by atoms with Gasteiger partial charge in [-0.05, 0) is 36.6 Å². The standard InChI is InChI=1S/C12H15FO/c1-9-6-11(13)5-4-10(9)7-12(2,3)8-14/h4-6,8H,7H2,1-3H3. The molecule has 0 spiro atoms. The van der Waals surface area contributed by atoms with Gasteiger partial charge in [0, 0.05) is 5.41 Å². The predicted molar refractivity (Wildman–Crippen MR) is 54.7 cm³/mol. The summed E-state index contributed by atoms with van der Waals surface area (Å²) in [5, 5.41) is 0. The van der Waals surface area contributed by atoms with E-state index in [0.717, 1.165) is 17.4 Å². The fourth-order valence-electron chi connectivity index (χ4n) is 1.39. The fraction of sp³-hybridized carbons (Fsp3) is 0.417. The van der Waals surface area contributed by atoms with Crippen molar-refractivity contribution in [2.45, 2.75) is 27.2 Å². The Kier molecular flexibility index (Phi) is 3.04. The number of halogens is 1. The Bertz CT molecular complexity index is 342. The van der Waals surface area contributed by atoms with Crippen LogP contribution in [-0.4, -0.2) is 6.29 Å². The maximum atomic E-state index is 12.8. The van der Waals surface area contributed by atoms with E-state index in [-0.39, 0.29) is 11.2 Å². The van der Waals surface area contributed by atoms with Crippen molar-refractivity contribution in [1.82, 2.24) is 0 Å². The van der Waals surface area contributed by atoms with Crippen molar-refractivity contribution in [2.75, 3.05) is 0 Å². The second-order valence-corrected chi connectivity index (χ2v) is 4.35. The summed E-state index contributed by atoms with van der Waals surface area (Å²) in [6, 6.07) is 4.68. The number of hydrogen-bond donors (Lipinski definition) is 0. The summed E-state index contributed by atoms with van der Waals surface area (Å²) in [6.07, 6.45) is 1.60. The smallest absolute Gasteiger partial charge is 0.125 e. The molecule has 0 aliphatic rings. The summed E-state index contributed by atoms with van der Waals surface area (Å²) in [7, 11) is 0. The van der Waals surface area contributed by atoms with Gasteiger partial charge in [0.05, 0.1) is 0 Å². The van der Waals surface area contributed by atoms with E-state index in [1.54, 1.807) is 6.07 Å². The van der Waals surface area contributed by atoms with E-state index in [0.29, 0.717) is 6.42 Å². The van der Waals surface area contributed by atoms with Crippen LogP contribution in [0.1, 0.15) is 25.0 Å². The summed E-state index contributed by atoms with van der Waals surface area (Å²) in [5.74, 6) is -0.227. The maximum Gasteiger partial charge on any atom is 0.125 e. The Morgan fingerprint density at radius 1 is 1.43 bits per heavy atom. The van der Waals surface area contributed by atoms with Crippen LogP contribution in [0.3, 0.4) is 0 Å².